The van der Waals surface area contributed by atoms with Gasteiger partial charge in [0, 0.05) is 17.6 Å². The Bertz CT molecular complexity index is 871. The number of hydrogen-bond donors (Lipinski definition) is 1. The molecule has 8 heteroatoms. The summed E-state index contributed by atoms with van der Waals surface area (Å²) in [5.41, 5.74) is 1.71. The number of nitrogens with zero attached hydrogens (tertiary/aromatic N) is 2. The second-order valence-corrected chi connectivity index (χ2v) is 6.84. The van der Waals surface area contributed by atoms with Gasteiger partial charge in [0.2, 0.25) is 0 Å². The van der Waals surface area contributed by atoms with E-state index in [1.54, 1.807) is 13.2 Å². The van der Waals surface area contributed by atoms with Crippen LogP contribution in [0.3, 0.4) is 0 Å². The molecule has 6 nitrogen and oxygen atoms in total. The number of hydrogen-bond acceptors (Lipinski definition) is 5. The van der Waals surface area contributed by atoms with Crippen LogP contribution in [-0.4, -0.2) is 44.4 Å². The van der Waals surface area contributed by atoms with E-state index in [-0.39, 0.29) is 10.2 Å². The molecule has 0 spiro atoms. The van der Waals surface area contributed by atoms with E-state index in [0.29, 0.717) is 4.91 Å². The maximum absolute atomic E-state index is 12.4. The summed E-state index contributed by atoms with van der Waals surface area (Å²) in [6.07, 6.45) is 3.59. The summed E-state index contributed by atoms with van der Waals surface area (Å²) in [5, 5.41) is 8.89. The average Bonchev–Trinajstić information content (AvgIpc) is 3.15. The molecule has 3 rings (SSSR count). The molecule has 0 aliphatic carbocycles. The number of carbonyl (C=O) groups is 2. The Morgan fingerprint density at radius 2 is 2.04 bits per heavy atom. The lowest BCUT2D eigenvalue weighted by Crippen LogP contribution is -2.33. The van der Waals surface area contributed by atoms with Crippen LogP contribution in [0.2, 0.25) is 0 Å². The number of benzene rings is 1. The highest BCUT2D eigenvalue weighted by Gasteiger charge is 2.33. The zero-order valence-corrected chi connectivity index (χ0v) is 14.8. The second-order valence-electron chi connectivity index (χ2n) is 5.16. The van der Waals surface area contributed by atoms with Crippen LogP contribution in [0, 0.1) is 0 Å². The standard InChI is InChI=1S/C17H14N2O4S2/c1-23-13-6-4-11(5-7-13)18-8-2-3-12(18)9-14-16(22)19(10-15(20)21)17(24)25-14/h2-9H,10H2,1H3,(H,20,21)/b14-9+. The summed E-state index contributed by atoms with van der Waals surface area (Å²) in [5.74, 6) is -0.731. The lowest BCUT2D eigenvalue weighted by molar-refractivity contribution is -0.140. The van der Waals surface area contributed by atoms with Crippen molar-refractivity contribution in [3.05, 3.63) is 53.2 Å². The third kappa shape index (κ3) is 3.59. The van der Waals surface area contributed by atoms with Crippen molar-refractivity contribution in [2.75, 3.05) is 13.7 Å². The van der Waals surface area contributed by atoms with E-state index in [9.17, 15) is 9.59 Å². The molecule has 0 unspecified atom stereocenters. The number of ether oxygens (including phenoxy) is 1. The normalized spacial score (nSPS) is 15.9. The van der Waals surface area contributed by atoms with Gasteiger partial charge in [-0.2, -0.15) is 0 Å². The first-order chi connectivity index (χ1) is 12.0. The highest BCUT2D eigenvalue weighted by atomic mass is 32.2. The summed E-state index contributed by atoms with van der Waals surface area (Å²) in [7, 11) is 1.61. The van der Waals surface area contributed by atoms with Gasteiger partial charge in [0.1, 0.15) is 16.6 Å². The number of carbonyl (C=O) groups excluding carboxylic acids is 1. The number of methoxy groups -OCH3 is 1. The zero-order chi connectivity index (χ0) is 18.0. The van der Waals surface area contributed by atoms with Gasteiger partial charge in [-0.3, -0.25) is 14.5 Å². The van der Waals surface area contributed by atoms with E-state index in [2.05, 4.69) is 0 Å². The van der Waals surface area contributed by atoms with Gasteiger partial charge in [0.15, 0.2) is 0 Å². The molecule has 2 aromatic rings. The van der Waals surface area contributed by atoms with Crippen molar-refractivity contribution >= 4 is 46.3 Å². The molecule has 1 aliphatic heterocycles. The fraction of sp³-hybridized carbons (Fsp3) is 0.118. The smallest absolute Gasteiger partial charge is 0.323 e. The summed E-state index contributed by atoms with van der Waals surface area (Å²) < 4.78 is 7.33. The van der Waals surface area contributed by atoms with Crippen LogP contribution in [-0.2, 0) is 9.59 Å². The van der Waals surface area contributed by atoms with Gasteiger partial charge in [0.25, 0.3) is 5.91 Å². The van der Waals surface area contributed by atoms with Crippen LogP contribution < -0.4 is 4.74 Å². The number of aromatic nitrogens is 1. The molecule has 1 amide bonds. The number of thiocarbonyl (C=S) groups is 1. The number of carboxylic acids is 1. The largest absolute Gasteiger partial charge is 0.497 e. The quantitative estimate of drug-likeness (QED) is 0.641. The minimum Gasteiger partial charge on any atom is -0.497 e. The molecule has 0 radical (unpaired) electrons. The lowest BCUT2D eigenvalue weighted by atomic mass is 10.3. The topological polar surface area (TPSA) is 71.8 Å². The Labute approximate surface area is 153 Å². The molecule has 25 heavy (non-hydrogen) atoms. The van der Waals surface area contributed by atoms with Crippen LogP contribution in [0.15, 0.2) is 47.5 Å². The zero-order valence-electron chi connectivity index (χ0n) is 13.2. The van der Waals surface area contributed by atoms with Crippen molar-refractivity contribution in [2.24, 2.45) is 0 Å². The van der Waals surface area contributed by atoms with Crippen molar-refractivity contribution in [3.8, 4) is 11.4 Å². The molecule has 1 aromatic heterocycles. The molecule has 0 atom stereocenters. The molecule has 1 saturated heterocycles. The van der Waals surface area contributed by atoms with E-state index in [4.69, 9.17) is 22.1 Å². The highest BCUT2D eigenvalue weighted by molar-refractivity contribution is 8.26. The maximum atomic E-state index is 12.4. The van der Waals surface area contributed by atoms with Gasteiger partial charge in [0.05, 0.1) is 12.0 Å². The highest BCUT2D eigenvalue weighted by Crippen LogP contribution is 2.32. The fourth-order valence-electron chi connectivity index (χ4n) is 2.40. The second kappa shape index (κ2) is 7.12. The summed E-state index contributed by atoms with van der Waals surface area (Å²) in [6, 6.07) is 11.3. The molecule has 0 bridgehead atoms. The van der Waals surface area contributed by atoms with E-state index in [1.807, 2.05) is 47.2 Å². The maximum Gasteiger partial charge on any atom is 0.323 e. The van der Waals surface area contributed by atoms with Gasteiger partial charge in [-0.1, -0.05) is 24.0 Å². The number of aliphatic carboxylic acids is 1. The fourth-order valence-corrected chi connectivity index (χ4v) is 3.64. The van der Waals surface area contributed by atoms with Gasteiger partial charge >= 0.3 is 5.97 Å². The molecule has 1 aromatic carbocycles. The van der Waals surface area contributed by atoms with Crippen molar-refractivity contribution in [2.45, 2.75) is 0 Å². The molecule has 2 heterocycles. The van der Waals surface area contributed by atoms with Gasteiger partial charge in [-0.15, -0.1) is 0 Å². The van der Waals surface area contributed by atoms with E-state index < -0.39 is 12.5 Å². The molecular weight excluding hydrogens is 360 g/mol. The Hall–Kier alpha value is -2.58. The number of amides is 1. The third-order valence-electron chi connectivity index (χ3n) is 3.58. The third-order valence-corrected chi connectivity index (χ3v) is 4.95. The van der Waals surface area contributed by atoms with E-state index in [0.717, 1.165) is 33.8 Å². The van der Waals surface area contributed by atoms with Crippen LogP contribution in [0.4, 0.5) is 0 Å². The average molecular weight is 374 g/mol. The van der Waals surface area contributed by atoms with Crippen LogP contribution in [0.25, 0.3) is 11.8 Å². The SMILES string of the molecule is COc1ccc(-n2cccc2/C=C2/SC(=S)N(CC(=O)O)C2=O)cc1. The molecule has 1 aliphatic rings. The Morgan fingerprint density at radius 3 is 2.68 bits per heavy atom. The predicted octanol–water partition coefficient (Wildman–Crippen LogP) is 2.77. The number of carboxylic acid groups (broad SMARTS) is 1. The Balaban J connectivity index is 1.90. The van der Waals surface area contributed by atoms with Crippen LogP contribution >= 0.6 is 24.0 Å². The van der Waals surface area contributed by atoms with Crippen molar-refractivity contribution < 1.29 is 19.4 Å². The molecule has 128 valence electrons. The van der Waals surface area contributed by atoms with E-state index >= 15 is 0 Å². The van der Waals surface area contributed by atoms with Gasteiger partial charge in [-0.05, 0) is 42.5 Å². The Morgan fingerprint density at radius 1 is 1.32 bits per heavy atom. The van der Waals surface area contributed by atoms with Crippen molar-refractivity contribution in [3.63, 3.8) is 0 Å². The Kier molecular flexibility index (Phi) is 4.91. The summed E-state index contributed by atoms with van der Waals surface area (Å²) in [6.45, 7) is -0.429. The molecule has 1 N–H and O–H groups in total. The van der Waals surface area contributed by atoms with Gasteiger partial charge < -0.3 is 14.4 Å². The monoisotopic (exact) mass is 374 g/mol. The van der Waals surface area contributed by atoms with E-state index in [1.165, 1.54) is 0 Å². The number of thioether (sulfide) groups is 1. The van der Waals surface area contributed by atoms with Gasteiger partial charge in [-0.25, -0.2) is 0 Å². The number of rotatable bonds is 5. The molecule has 1 fully saturated rings. The summed E-state index contributed by atoms with van der Waals surface area (Å²) >= 11 is 6.21. The summed E-state index contributed by atoms with van der Waals surface area (Å²) in [4.78, 5) is 24.7. The van der Waals surface area contributed by atoms with Crippen LogP contribution in [0.5, 0.6) is 5.75 Å². The molecular formula is C17H14N2O4S2. The predicted molar refractivity (Wildman–Crippen MR) is 99.8 cm³/mol. The van der Waals surface area contributed by atoms with Crippen molar-refractivity contribution in [1.29, 1.82) is 0 Å². The minimum absolute atomic E-state index is 0.251. The lowest BCUT2D eigenvalue weighted by Gasteiger charge is -2.10. The van der Waals surface area contributed by atoms with Crippen molar-refractivity contribution in [1.82, 2.24) is 9.47 Å². The first-order valence-electron chi connectivity index (χ1n) is 7.28. The minimum atomic E-state index is -1.10. The first-order valence-corrected chi connectivity index (χ1v) is 8.51. The first kappa shape index (κ1) is 17.2. The van der Waals surface area contributed by atoms with Crippen LogP contribution in [0.1, 0.15) is 5.69 Å². The molecule has 0 saturated carbocycles.